The molecule has 0 aliphatic heterocycles. The molecule has 0 aliphatic carbocycles. The monoisotopic (exact) mass is 230 g/mol. The number of nitrogens with zero attached hydrogens (tertiary/aromatic N) is 1. The zero-order valence-electron chi connectivity index (χ0n) is 5.80. The molecule has 11 heavy (non-hydrogen) atoms. The van der Waals surface area contributed by atoms with Crippen LogP contribution in [0.3, 0.4) is 0 Å². The van der Waals surface area contributed by atoms with Crippen molar-refractivity contribution in [3.63, 3.8) is 0 Å². The molecule has 1 N–H and O–H groups in total. The highest BCUT2D eigenvalue weighted by Gasteiger charge is 1.94. The molecule has 1 heterocycles. The van der Waals surface area contributed by atoms with E-state index >= 15 is 0 Å². The molecule has 58 valence electrons. The molecule has 0 saturated carbocycles. The highest BCUT2D eigenvalue weighted by molar-refractivity contribution is 9.10. The summed E-state index contributed by atoms with van der Waals surface area (Å²) in [5.41, 5.74) is 0. The van der Waals surface area contributed by atoms with E-state index < -0.39 is 0 Å². The Morgan fingerprint density at radius 2 is 2.55 bits per heavy atom. The molecule has 0 radical (unpaired) electrons. The Balaban J connectivity index is 2.34. The van der Waals surface area contributed by atoms with E-state index in [0.717, 1.165) is 16.0 Å². The molecule has 0 aliphatic rings. The van der Waals surface area contributed by atoms with Crippen LogP contribution in [0.5, 0.6) is 0 Å². The Labute approximate surface area is 78.0 Å². The minimum Gasteiger partial charge on any atom is -0.376 e. The summed E-state index contributed by atoms with van der Waals surface area (Å²) in [6.07, 6.45) is 0.551. The normalized spacial score (nSPS) is 9.09. The van der Waals surface area contributed by atoms with Gasteiger partial charge in [0, 0.05) is 16.4 Å². The van der Waals surface area contributed by atoms with Crippen LogP contribution in [0.25, 0.3) is 0 Å². The van der Waals surface area contributed by atoms with Crippen molar-refractivity contribution in [1.29, 1.82) is 5.26 Å². The third-order valence-corrected chi connectivity index (χ3v) is 2.75. The molecule has 0 unspecified atom stereocenters. The van der Waals surface area contributed by atoms with E-state index in [9.17, 15) is 0 Å². The van der Waals surface area contributed by atoms with Gasteiger partial charge < -0.3 is 5.32 Å². The van der Waals surface area contributed by atoms with Crippen molar-refractivity contribution in [1.82, 2.24) is 0 Å². The summed E-state index contributed by atoms with van der Waals surface area (Å²) in [6.45, 7) is 0.726. The molecule has 0 atom stereocenters. The number of halogens is 1. The Morgan fingerprint density at radius 3 is 3.09 bits per heavy atom. The number of nitrogens with one attached hydrogen (secondary N) is 1. The summed E-state index contributed by atoms with van der Waals surface area (Å²) in [5.74, 6) is 0. The fraction of sp³-hybridized carbons (Fsp3) is 0.286. The maximum atomic E-state index is 8.25. The zero-order valence-corrected chi connectivity index (χ0v) is 8.20. The van der Waals surface area contributed by atoms with Gasteiger partial charge in [0.15, 0.2) is 0 Å². The van der Waals surface area contributed by atoms with Crippen molar-refractivity contribution in [3.05, 3.63) is 15.9 Å². The molecule has 0 fully saturated rings. The highest BCUT2D eigenvalue weighted by atomic mass is 79.9. The van der Waals surface area contributed by atoms with Crippen LogP contribution in [-0.2, 0) is 0 Å². The fourth-order valence-corrected chi connectivity index (χ4v) is 2.00. The van der Waals surface area contributed by atoms with Gasteiger partial charge in [-0.3, -0.25) is 0 Å². The topological polar surface area (TPSA) is 35.8 Å². The van der Waals surface area contributed by atoms with Crippen LogP contribution in [0.2, 0.25) is 0 Å². The molecule has 1 aromatic heterocycles. The van der Waals surface area contributed by atoms with E-state index in [0.29, 0.717) is 6.42 Å². The lowest BCUT2D eigenvalue weighted by molar-refractivity contribution is 1.08. The average Bonchev–Trinajstić information content (AvgIpc) is 2.37. The molecule has 1 rings (SSSR count). The second-order valence-electron chi connectivity index (χ2n) is 1.96. The first-order valence-corrected chi connectivity index (χ1v) is 4.85. The van der Waals surface area contributed by atoms with Crippen molar-refractivity contribution < 1.29 is 0 Å². The standard InChI is InChI=1S/C7H7BrN2S/c8-6-4-7(11-5-6)10-3-1-2-9/h4-5,10H,1,3H2. The Bertz CT molecular complexity index is 264. The van der Waals surface area contributed by atoms with Gasteiger partial charge in [-0.2, -0.15) is 5.26 Å². The van der Waals surface area contributed by atoms with Gasteiger partial charge in [0.05, 0.1) is 17.5 Å². The smallest absolute Gasteiger partial charge is 0.0894 e. The van der Waals surface area contributed by atoms with E-state index in [4.69, 9.17) is 5.26 Å². The number of thiophene rings is 1. The Kier molecular flexibility index (Phi) is 3.40. The maximum Gasteiger partial charge on any atom is 0.0894 e. The molecule has 0 bridgehead atoms. The van der Waals surface area contributed by atoms with Crippen LogP contribution in [0, 0.1) is 11.3 Å². The largest absolute Gasteiger partial charge is 0.376 e. The molecule has 4 heteroatoms. The molecule has 0 amide bonds. The van der Waals surface area contributed by atoms with Crippen molar-refractivity contribution in [2.45, 2.75) is 6.42 Å². The van der Waals surface area contributed by atoms with Crippen LogP contribution in [-0.4, -0.2) is 6.54 Å². The van der Waals surface area contributed by atoms with Gasteiger partial charge in [-0.15, -0.1) is 11.3 Å². The van der Waals surface area contributed by atoms with Crippen LogP contribution in [0.15, 0.2) is 15.9 Å². The predicted molar refractivity (Wildman–Crippen MR) is 50.7 cm³/mol. The van der Waals surface area contributed by atoms with Gasteiger partial charge in [0.2, 0.25) is 0 Å². The van der Waals surface area contributed by atoms with E-state index in [1.54, 1.807) is 11.3 Å². The summed E-state index contributed by atoms with van der Waals surface area (Å²) in [6, 6.07) is 4.08. The third-order valence-electron chi connectivity index (χ3n) is 1.10. The molecular formula is C7H7BrN2S. The van der Waals surface area contributed by atoms with Crippen LogP contribution in [0.4, 0.5) is 5.00 Å². The lowest BCUT2D eigenvalue weighted by atomic mass is 10.5. The minimum atomic E-state index is 0.551. The molecular weight excluding hydrogens is 224 g/mol. The predicted octanol–water partition coefficient (Wildman–Crippen LogP) is 2.84. The summed E-state index contributed by atoms with van der Waals surface area (Å²) >= 11 is 4.98. The number of hydrogen-bond acceptors (Lipinski definition) is 3. The van der Waals surface area contributed by atoms with E-state index in [1.807, 2.05) is 11.4 Å². The first-order chi connectivity index (χ1) is 5.33. The Morgan fingerprint density at radius 1 is 1.73 bits per heavy atom. The zero-order chi connectivity index (χ0) is 8.10. The van der Waals surface area contributed by atoms with E-state index in [-0.39, 0.29) is 0 Å². The van der Waals surface area contributed by atoms with E-state index in [2.05, 4.69) is 27.3 Å². The van der Waals surface area contributed by atoms with Crippen LogP contribution < -0.4 is 5.32 Å². The summed E-state index contributed by atoms with van der Waals surface area (Å²) in [5, 5.41) is 14.5. The maximum absolute atomic E-state index is 8.25. The van der Waals surface area contributed by atoms with Crippen LogP contribution >= 0.6 is 27.3 Å². The number of anilines is 1. The summed E-state index contributed by atoms with van der Waals surface area (Å²) in [4.78, 5) is 0. The summed E-state index contributed by atoms with van der Waals surface area (Å²) in [7, 11) is 0. The molecule has 2 nitrogen and oxygen atoms in total. The van der Waals surface area contributed by atoms with Crippen molar-refractivity contribution in [2.24, 2.45) is 0 Å². The Hall–Kier alpha value is -0.530. The first-order valence-electron chi connectivity index (χ1n) is 3.18. The van der Waals surface area contributed by atoms with Gasteiger partial charge in [-0.1, -0.05) is 0 Å². The van der Waals surface area contributed by atoms with Crippen molar-refractivity contribution in [2.75, 3.05) is 11.9 Å². The van der Waals surface area contributed by atoms with Gasteiger partial charge >= 0.3 is 0 Å². The third kappa shape index (κ3) is 2.91. The van der Waals surface area contributed by atoms with Crippen molar-refractivity contribution in [3.8, 4) is 6.07 Å². The number of nitriles is 1. The second kappa shape index (κ2) is 4.37. The molecule has 1 aromatic rings. The minimum absolute atomic E-state index is 0.551. The fourth-order valence-electron chi connectivity index (χ4n) is 0.647. The lowest BCUT2D eigenvalue weighted by Gasteiger charge is -1.96. The first kappa shape index (κ1) is 8.57. The van der Waals surface area contributed by atoms with Gasteiger partial charge in [-0.05, 0) is 22.0 Å². The number of hydrogen-bond donors (Lipinski definition) is 1. The van der Waals surface area contributed by atoms with Crippen molar-refractivity contribution >= 4 is 32.3 Å². The molecule has 0 saturated heterocycles. The van der Waals surface area contributed by atoms with E-state index in [1.165, 1.54) is 0 Å². The highest BCUT2D eigenvalue weighted by Crippen LogP contribution is 2.23. The van der Waals surface area contributed by atoms with Gasteiger partial charge in [0.25, 0.3) is 0 Å². The summed E-state index contributed by atoms with van der Waals surface area (Å²) < 4.78 is 1.09. The number of rotatable bonds is 3. The van der Waals surface area contributed by atoms with Gasteiger partial charge in [0.1, 0.15) is 0 Å². The van der Waals surface area contributed by atoms with Crippen LogP contribution in [0.1, 0.15) is 6.42 Å². The molecule has 0 spiro atoms. The van der Waals surface area contributed by atoms with Gasteiger partial charge in [-0.25, -0.2) is 0 Å². The lowest BCUT2D eigenvalue weighted by Crippen LogP contribution is -1.97. The second-order valence-corrected chi connectivity index (χ2v) is 3.79. The molecule has 0 aromatic carbocycles. The average molecular weight is 231 g/mol. The SMILES string of the molecule is N#CCCNc1cc(Br)cs1. The quantitative estimate of drug-likeness (QED) is 0.812.